The van der Waals surface area contributed by atoms with Gasteiger partial charge in [-0.3, -0.25) is 0 Å². The standard InChI is InChI=1S/C18H27FN2O/c19-18-6-2-1-5-16(18)15-22-17-7-11-21(12-8-17)14-13-20-9-3-4-10-20/h1-2,5-6,17H,3-4,7-15H2. The summed E-state index contributed by atoms with van der Waals surface area (Å²) in [4.78, 5) is 5.11. The lowest BCUT2D eigenvalue weighted by molar-refractivity contribution is -0.00447. The third-order valence-electron chi connectivity index (χ3n) is 4.90. The van der Waals surface area contributed by atoms with Crippen molar-refractivity contribution in [1.82, 2.24) is 9.80 Å². The van der Waals surface area contributed by atoms with Crippen molar-refractivity contribution in [3.63, 3.8) is 0 Å². The first kappa shape index (κ1) is 15.9. The van der Waals surface area contributed by atoms with Gasteiger partial charge in [-0.2, -0.15) is 0 Å². The number of hydrogen-bond donors (Lipinski definition) is 0. The summed E-state index contributed by atoms with van der Waals surface area (Å²) in [5.41, 5.74) is 0.666. The molecular formula is C18H27FN2O. The molecule has 122 valence electrons. The van der Waals surface area contributed by atoms with Gasteiger partial charge < -0.3 is 14.5 Å². The molecule has 2 fully saturated rings. The molecule has 22 heavy (non-hydrogen) atoms. The molecule has 0 N–H and O–H groups in total. The fourth-order valence-electron chi connectivity index (χ4n) is 3.41. The Hall–Kier alpha value is -0.970. The van der Waals surface area contributed by atoms with Gasteiger partial charge in [0.05, 0.1) is 12.7 Å². The van der Waals surface area contributed by atoms with Crippen molar-refractivity contribution in [2.75, 3.05) is 39.3 Å². The highest BCUT2D eigenvalue weighted by atomic mass is 19.1. The maximum absolute atomic E-state index is 13.6. The molecule has 0 saturated carbocycles. The van der Waals surface area contributed by atoms with Crippen molar-refractivity contribution < 1.29 is 9.13 Å². The smallest absolute Gasteiger partial charge is 0.128 e. The number of nitrogens with zero attached hydrogens (tertiary/aromatic N) is 2. The van der Waals surface area contributed by atoms with E-state index in [1.807, 2.05) is 6.07 Å². The summed E-state index contributed by atoms with van der Waals surface area (Å²) in [5.74, 6) is -0.162. The molecule has 0 unspecified atom stereocenters. The molecule has 0 spiro atoms. The van der Waals surface area contributed by atoms with Crippen molar-refractivity contribution in [1.29, 1.82) is 0 Å². The van der Waals surface area contributed by atoms with E-state index in [0.717, 1.165) is 25.9 Å². The van der Waals surface area contributed by atoms with Gasteiger partial charge in [-0.05, 0) is 44.8 Å². The Morgan fingerprint density at radius 1 is 0.955 bits per heavy atom. The van der Waals surface area contributed by atoms with Crippen LogP contribution in [-0.4, -0.2) is 55.2 Å². The van der Waals surface area contributed by atoms with Crippen LogP contribution < -0.4 is 0 Å². The van der Waals surface area contributed by atoms with Gasteiger partial charge in [0, 0.05) is 31.7 Å². The summed E-state index contributed by atoms with van der Waals surface area (Å²) in [7, 11) is 0. The topological polar surface area (TPSA) is 15.7 Å². The molecule has 2 aliphatic heterocycles. The SMILES string of the molecule is Fc1ccccc1COC1CCN(CCN2CCCC2)CC1. The minimum absolute atomic E-state index is 0.162. The van der Waals surface area contributed by atoms with E-state index in [-0.39, 0.29) is 11.9 Å². The van der Waals surface area contributed by atoms with E-state index in [1.54, 1.807) is 12.1 Å². The predicted octanol–water partition coefficient (Wildman–Crippen LogP) is 2.90. The van der Waals surface area contributed by atoms with E-state index in [0.29, 0.717) is 12.2 Å². The average Bonchev–Trinajstić information content (AvgIpc) is 3.07. The molecule has 0 atom stereocenters. The molecule has 0 radical (unpaired) electrons. The quantitative estimate of drug-likeness (QED) is 0.804. The van der Waals surface area contributed by atoms with Gasteiger partial charge in [0.25, 0.3) is 0 Å². The van der Waals surface area contributed by atoms with Crippen LogP contribution in [0.2, 0.25) is 0 Å². The highest BCUT2D eigenvalue weighted by molar-refractivity contribution is 5.16. The summed E-state index contributed by atoms with van der Waals surface area (Å²) >= 11 is 0. The Bertz CT molecular complexity index is 454. The zero-order chi connectivity index (χ0) is 15.2. The van der Waals surface area contributed by atoms with E-state index < -0.39 is 0 Å². The zero-order valence-corrected chi connectivity index (χ0v) is 13.3. The van der Waals surface area contributed by atoms with Crippen LogP contribution in [0.3, 0.4) is 0 Å². The van der Waals surface area contributed by atoms with Crippen LogP contribution in [0.5, 0.6) is 0 Å². The monoisotopic (exact) mass is 306 g/mol. The number of halogens is 1. The fourth-order valence-corrected chi connectivity index (χ4v) is 3.41. The number of rotatable bonds is 6. The summed E-state index contributed by atoms with van der Waals surface area (Å²) in [6.07, 6.45) is 5.14. The van der Waals surface area contributed by atoms with E-state index in [1.165, 1.54) is 45.1 Å². The van der Waals surface area contributed by atoms with Crippen molar-refractivity contribution in [3.8, 4) is 0 Å². The zero-order valence-electron chi connectivity index (χ0n) is 13.3. The van der Waals surface area contributed by atoms with Crippen LogP contribution in [0, 0.1) is 5.82 Å². The molecular weight excluding hydrogens is 279 g/mol. The number of likely N-dealkylation sites (tertiary alicyclic amines) is 2. The van der Waals surface area contributed by atoms with Crippen molar-refractivity contribution in [3.05, 3.63) is 35.6 Å². The number of hydrogen-bond acceptors (Lipinski definition) is 3. The Morgan fingerprint density at radius 2 is 1.59 bits per heavy atom. The van der Waals surface area contributed by atoms with Gasteiger partial charge in [0.1, 0.15) is 5.82 Å². The van der Waals surface area contributed by atoms with Gasteiger partial charge >= 0.3 is 0 Å². The minimum Gasteiger partial charge on any atom is -0.373 e. The minimum atomic E-state index is -0.162. The third-order valence-corrected chi connectivity index (χ3v) is 4.90. The van der Waals surface area contributed by atoms with E-state index in [9.17, 15) is 4.39 Å². The average molecular weight is 306 g/mol. The molecule has 0 aliphatic carbocycles. The second-order valence-corrected chi connectivity index (χ2v) is 6.49. The maximum atomic E-state index is 13.6. The van der Waals surface area contributed by atoms with Crippen LogP contribution in [0.25, 0.3) is 0 Å². The second-order valence-electron chi connectivity index (χ2n) is 6.49. The molecule has 2 heterocycles. The third kappa shape index (κ3) is 4.51. The fraction of sp³-hybridized carbons (Fsp3) is 0.667. The molecule has 0 bridgehead atoms. The molecule has 2 saturated heterocycles. The predicted molar refractivity (Wildman–Crippen MR) is 86.3 cm³/mol. The van der Waals surface area contributed by atoms with E-state index in [2.05, 4.69) is 9.80 Å². The highest BCUT2D eigenvalue weighted by Gasteiger charge is 2.21. The lowest BCUT2D eigenvalue weighted by Crippen LogP contribution is -2.41. The lowest BCUT2D eigenvalue weighted by Gasteiger charge is -2.32. The molecule has 3 rings (SSSR count). The molecule has 4 heteroatoms. The Kier molecular flexibility index (Phi) is 5.82. The van der Waals surface area contributed by atoms with Crippen LogP contribution in [-0.2, 0) is 11.3 Å². The maximum Gasteiger partial charge on any atom is 0.128 e. The normalized spacial score (nSPS) is 21.5. The Labute approximate surface area is 133 Å². The molecule has 1 aromatic rings. The number of ether oxygens (including phenoxy) is 1. The van der Waals surface area contributed by atoms with Gasteiger partial charge in [-0.25, -0.2) is 4.39 Å². The van der Waals surface area contributed by atoms with Gasteiger partial charge in [-0.1, -0.05) is 18.2 Å². The van der Waals surface area contributed by atoms with Crippen LogP contribution in [0.15, 0.2) is 24.3 Å². The number of benzene rings is 1. The molecule has 1 aromatic carbocycles. The summed E-state index contributed by atoms with van der Waals surface area (Å²) in [6.45, 7) is 7.56. The second kappa shape index (κ2) is 8.04. The molecule has 2 aliphatic rings. The van der Waals surface area contributed by atoms with Crippen molar-refractivity contribution in [2.45, 2.75) is 38.4 Å². The van der Waals surface area contributed by atoms with Crippen LogP contribution >= 0.6 is 0 Å². The lowest BCUT2D eigenvalue weighted by atomic mass is 10.1. The number of piperidine rings is 1. The summed E-state index contributed by atoms with van der Waals surface area (Å²) < 4.78 is 19.5. The van der Waals surface area contributed by atoms with Gasteiger partial charge in [0.15, 0.2) is 0 Å². The van der Waals surface area contributed by atoms with E-state index >= 15 is 0 Å². The Balaban J connectivity index is 1.34. The summed E-state index contributed by atoms with van der Waals surface area (Å²) in [6, 6.07) is 6.89. The largest absolute Gasteiger partial charge is 0.373 e. The summed E-state index contributed by atoms with van der Waals surface area (Å²) in [5, 5.41) is 0. The van der Waals surface area contributed by atoms with Crippen molar-refractivity contribution >= 4 is 0 Å². The first-order valence-corrected chi connectivity index (χ1v) is 8.61. The highest BCUT2D eigenvalue weighted by Crippen LogP contribution is 2.17. The van der Waals surface area contributed by atoms with Crippen LogP contribution in [0.4, 0.5) is 4.39 Å². The van der Waals surface area contributed by atoms with E-state index in [4.69, 9.17) is 4.74 Å². The van der Waals surface area contributed by atoms with Crippen molar-refractivity contribution in [2.24, 2.45) is 0 Å². The van der Waals surface area contributed by atoms with Crippen LogP contribution in [0.1, 0.15) is 31.2 Å². The van der Waals surface area contributed by atoms with Gasteiger partial charge in [-0.15, -0.1) is 0 Å². The molecule has 0 aromatic heterocycles. The molecule has 3 nitrogen and oxygen atoms in total. The van der Waals surface area contributed by atoms with Gasteiger partial charge in [0.2, 0.25) is 0 Å². The first-order valence-electron chi connectivity index (χ1n) is 8.61. The first-order chi connectivity index (χ1) is 10.8. The molecule has 0 amide bonds. The Morgan fingerprint density at radius 3 is 2.27 bits per heavy atom.